The van der Waals surface area contributed by atoms with E-state index in [1.54, 1.807) is 0 Å². The van der Waals surface area contributed by atoms with Gasteiger partial charge in [-0.05, 0) is 28.5 Å². The Kier molecular flexibility index (Phi) is 5.15. The molecular weight excluding hydrogens is 392 g/mol. The van der Waals surface area contributed by atoms with Crippen LogP contribution in [0.4, 0.5) is 5.13 Å². The Hall–Kier alpha value is -3.25. The fourth-order valence-corrected chi connectivity index (χ4v) is 4.57. The molecule has 2 heterocycles. The lowest BCUT2D eigenvalue weighted by Gasteiger charge is -2.34. The number of anilines is 1. The number of piperazine rings is 1. The maximum absolute atomic E-state index is 13.0. The number of benzene rings is 3. The molecule has 1 saturated heterocycles. The molecule has 30 heavy (non-hydrogen) atoms. The van der Waals surface area contributed by atoms with Crippen molar-refractivity contribution in [2.24, 2.45) is 0 Å². The standard InChI is InChI=1S/C24H22N4OS/c29-23(21-11-10-19-8-4-5-9-20(19)17-21)27-12-14-28(15-13-27)24-25-22(26-30-24)16-18-6-2-1-3-7-18/h1-11,17H,12-16H2. The Labute approximate surface area is 179 Å². The molecule has 150 valence electrons. The van der Waals surface area contributed by atoms with E-state index < -0.39 is 0 Å². The number of amides is 1. The van der Waals surface area contributed by atoms with Crippen molar-refractivity contribution in [2.45, 2.75) is 6.42 Å². The van der Waals surface area contributed by atoms with Gasteiger partial charge in [-0.15, -0.1) is 0 Å². The lowest BCUT2D eigenvalue weighted by molar-refractivity contribution is 0.0747. The molecule has 0 atom stereocenters. The van der Waals surface area contributed by atoms with Gasteiger partial charge in [0.05, 0.1) is 0 Å². The Bertz CT molecular complexity index is 1170. The van der Waals surface area contributed by atoms with Gasteiger partial charge in [0, 0.05) is 49.7 Å². The highest BCUT2D eigenvalue weighted by atomic mass is 32.1. The van der Waals surface area contributed by atoms with Gasteiger partial charge in [-0.3, -0.25) is 4.79 Å². The number of carbonyl (C=O) groups excluding carboxylic acids is 1. The highest BCUT2D eigenvalue weighted by molar-refractivity contribution is 7.09. The molecule has 0 saturated carbocycles. The molecule has 0 aliphatic carbocycles. The van der Waals surface area contributed by atoms with Gasteiger partial charge in [0.25, 0.3) is 5.91 Å². The molecule has 0 N–H and O–H groups in total. The lowest BCUT2D eigenvalue weighted by Crippen LogP contribution is -2.48. The van der Waals surface area contributed by atoms with Crippen molar-refractivity contribution >= 4 is 33.3 Å². The molecule has 5 nitrogen and oxygen atoms in total. The summed E-state index contributed by atoms with van der Waals surface area (Å²) in [5, 5.41) is 3.20. The first-order chi connectivity index (χ1) is 14.8. The van der Waals surface area contributed by atoms with Crippen LogP contribution in [0.1, 0.15) is 21.7 Å². The molecule has 0 unspecified atom stereocenters. The summed E-state index contributed by atoms with van der Waals surface area (Å²) in [7, 11) is 0. The largest absolute Gasteiger partial charge is 0.343 e. The topological polar surface area (TPSA) is 49.3 Å². The van der Waals surface area contributed by atoms with E-state index in [9.17, 15) is 4.79 Å². The molecule has 1 fully saturated rings. The van der Waals surface area contributed by atoms with Crippen LogP contribution in [0.15, 0.2) is 72.8 Å². The van der Waals surface area contributed by atoms with Crippen molar-refractivity contribution in [3.63, 3.8) is 0 Å². The summed E-state index contributed by atoms with van der Waals surface area (Å²) < 4.78 is 4.53. The number of aromatic nitrogens is 2. The second kappa shape index (κ2) is 8.24. The van der Waals surface area contributed by atoms with Crippen molar-refractivity contribution < 1.29 is 4.79 Å². The fraction of sp³-hybridized carbons (Fsp3) is 0.208. The van der Waals surface area contributed by atoms with E-state index in [1.807, 2.05) is 59.5 Å². The molecule has 0 radical (unpaired) electrons. The van der Waals surface area contributed by atoms with Gasteiger partial charge in [0.1, 0.15) is 5.82 Å². The number of fused-ring (bicyclic) bond motifs is 1. The molecule has 4 aromatic rings. The van der Waals surface area contributed by atoms with E-state index in [-0.39, 0.29) is 5.91 Å². The van der Waals surface area contributed by atoms with Crippen molar-refractivity contribution in [1.82, 2.24) is 14.3 Å². The van der Waals surface area contributed by atoms with Gasteiger partial charge >= 0.3 is 0 Å². The fourth-order valence-electron chi connectivity index (χ4n) is 3.83. The molecule has 0 spiro atoms. The number of nitrogens with zero attached hydrogens (tertiary/aromatic N) is 4. The van der Waals surface area contributed by atoms with Crippen LogP contribution in [0.5, 0.6) is 0 Å². The summed E-state index contributed by atoms with van der Waals surface area (Å²) in [4.78, 5) is 21.9. The summed E-state index contributed by atoms with van der Waals surface area (Å²) >= 11 is 1.44. The Balaban J connectivity index is 1.22. The third kappa shape index (κ3) is 3.91. The zero-order chi connectivity index (χ0) is 20.3. The second-order valence-electron chi connectivity index (χ2n) is 7.50. The summed E-state index contributed by atoms with van der Waals surface area (Å²) in [6, 6.07) is 24.4. The van der Waals surface area contributed by atoms with Gasteiger partial charge in [-0.2, -0.15) is 4.37 Å². The van der Waals surface area contributed by atoms with Crippen molar-refractivity contribution in [1.29, 1.82) is 0 Å². The van der Waals surface area contributed by atoms with Gasteiger partial charge in [-0.1, -0.05) is 60.7 Å². The quantitative estimate of drug-likeness (QED) is 0.501. The van der Waals surface area contributed by atoms with Crippen LogP contribution in [-0.4, -0.2) is 46.3 Å². The second-order valence-corrected chi connectivity index (χ2v) is 8.23. The average molecular weight is 415 g/mol. The SMILES string of the molecule is O=C(c1ccc2ccccc2c1)N1CCN(c2nc(Cc3ccccc3)ns2)CC1. The van der Waals surface area contributed by atoms with Crippen molar-refractivity contribution in [2.75, 3.05) is 31.1 Å². The molecule has 1 aliphatic rings. The lowest BCUT2D eigenvalue weighted by atomic mass is 10.1. The normalized spacial score (nSPS) is 14.3. The van der Waals surface area contributed by atoms with Crippen molar-refractivity contribution in [3.05, 3.63) is 89.7 Å². The number of rotatable bonds is 4. The minimum atomic E-state index is 0.0995. The zero-order valence-electron chi connectivity index (χ0n) is 16.6. The predicted molar refractivity (Wildman–Crippen MR) is 121 cm³/mol. The smallest absolute Gasteiger partial charge is 0.253 e. The Morgan fingerprint density at radius 3 is 2.40 bits per heavy atom. The summed E-state index contributed by atoms with van der Waals surface area (Å²) in [5.41, 5.74) is 1.97. The van der Waals surface area contributed by atoms with Crippen LogP contribution in [0.3, 0.4) is 0 Å². The van der Waals surface area contributed by atoms with E-state index in [4.69, 9.17) is 4.98 Å². The van der Waals surface area contributed by atoms with Crippen LogP contribution in [-0.2, 0) is 6.42 Å². The van der Waals surface area contributed by atoms with Gasteiger partial charge in [-0.25, -0.2) is 4.98 Å². The molecular formula is C24H22N4OS. The summed E-state index contributed by atoms with van der Waals surface area (Å²) in [6.07, 6.45) is 0.748. The number of carbonyl (C=O) groups is 1. The minimum absolute atomic E-state index is 0.0995. The van der Waals surface area contributed by atoms with E-state index in [0.29, 0.717) is 13.1 Å². The van der Waals surface area contributed by atoms with E-state index in [1.165, 1.54) is 17.1 Å². The third-order valence-electron chi connectivity index (χ3n) is 5.50. The van der Waals surface area contributed by atoms with Gasteiger partial charge in [0.2, 0.25) is 5.13 Å². The van der Waals surface area contributed by atoms with Crippen LogP contribution in [0.25, 0.3) is 10.8 Å². The number of hydrogen-bond acceptors (Lipinski definition) is 5. The summed E-state index contributed by atoms with van der Waals surface area (Å²) in [5.74, 6) is 0.957. The molecule has 6 heteroatoms. The van der Waals surface area contributed by atoms with E-state index in [0.717, 1.165) is 46.8 Å². The van der Waals surface area contributed by atoms with Crippen molar-refractivity contribution in [3.8, 4) is 0 Å². The van der Waals surface area contributed by atoms with Gasteiger partial charge < -0.3 is 9.80 Å². The zero-order valence-corrected chi connectivity index (χ0v) is 17.4. The van der Waals surface area contributed by atoms with Crippen LogP contribution < -0.4 is 4.90 Å². The highest BCUT2D eigenvalue weighted by Crippen LogP contribution is 2.22. The van der Waals surface area contributed by atoms with E-state index in [2.05, 4.69) is 27.5 Å². The Morgan fingerprint density at radius 1 is 0.867 bits per heavy atom. The van der Waals surface area contributed by atoms with Crippen LogP contribution >= 0.6 is 11.5 Å². The maximum Gasteiger partial charge on any atom is 0.253 e. The summed E-state index contributed by atoms with van der Waals surface area (Å²) in [6.45, 7) is 2.94. The molecule has 1 aromatic heterocycles. The average Bonchev–Trinajstić information content (AvgIpc) is 3.27. The molecule has 5 rings (SSSR count). The third-order valence-corrected chi connectivity index (χ3v) is 6.31. The molecule has 3 aromatic carbocycles. The molecule has 1 amide bonds. The first kappa shape index (κ1) is 18.8. The monoisotopic (exact) mass is 414 g/mol. The van der Waals surface area contributed by atoms with Crippen LogP contribution in [0.2, 0.25) is 0 Å². The maximum atomic E-state index is 13.0. The molecule has 0 bridgehead atoms. The van der Waals surface area contributed by atoms with E-state index >= 15 is 0 Å². The highest BCUT2D eigenvalue weighted by Gasteiger charge is 2.24. The number of hydrogen-bond donors (Lipinski definition) is 0. The first-order valence-electron chi connectivity index (χ1n) is 10.2. The van der Waals surface area contributed by atoms with Crippen LogP contribution in [0, 0.1) is 0 Å². The minimum Gasteiger partial charge on any atom is -0.343 e. The molecule has 1 aliphatic heterocycles. The van der Waals surface area contributed by atoms with Gasteiger partial charge in [0.15, 0.2) is 0 Å². The predicted octanol–water partition coefficient (Wildman–Crippen LogP) is 4.24. The first-order valence-corrected chi connectivity index (χ1v) is 10.9. The Morgan fingerprint density at radius 2 is 1.60 bits per heavy atom.